The number of aliphatic carboxylic acids is 1. The van der Waals surface area contributed by atoms with Crippen molar-refractivity contribution >= 4 is 29.3 Å². The zero-order chi connectivity index (χ0) is 13.5. The van der Waals surface area contributed by atoms with Gasteiger partial charge in [-0.25, -0.2) is 4.79 Å². The maximum Gasteiger partial charge on any atom is 0.328 e. The summed E-state index contributed by atoms with van der Waals surface area (Å²) >= 11 is 1.24. The highest BCUT2D eigenvalue weighted by Crippen LogP contribution is 2.17. The number of thiophene rings is 1. The molecule has 0 spiro atoms. The van der Waals surface area contributed by atoms with Crippen LogP contribution in [0, 0.1) is 0 Å². The van der Waals surface area contributed by atoms with Crippen molar-refractivity contribution in [1.82, 2.24) is 5.32 Å². The van der Waals surface area contributed by atoms with E-state index < -0.39 is 5.97 Å². The van der Waals surface area contributed by atoms with E-state index in [4.69, 9.17) is 9.84 Å². The first-order chi connectivity index (χ1) is 8.52. The molecule has 5 nitrogen and oxygen atoms in total. The van der Waals surface area contributed by atoms with Crippen molar-refractivity contribution in [2.75, 3.05) is 13.7 Å². The number of rotatable bonds is 6. The number of ether oxygens (including phenoxy) is 1. The lowest BCUT2D eigenvalue weighted by molar-refractivity contribution is -0.131. The van der Waals surface area contributed by atoms with Crippen LogP contribution in [0.5, 0.6) is 0 Å². The highest BCUT2D eigenvalue weighted by Gasteiger charge is 2.11. The lowest BCUT2D eigenvalue weighted by atomic mass is 10.3. The van der Waals surface area contributed by atoms with Crippen molar-refractivity contribution in [2.24, 2.45) is 0 Å². The summed E-state index contributed by atoms with van der Waals surface area (Å²) in [6.45, 7) is 2.29. The van der Waals surface area contributed by atoms with E-state index in [1.54, 1.807) is 19.2 Å². The summed E-state index contributed by atoms with van der Waals surface area (Å²) in [5.41, 5.74) is 0. The van der Waals surface area contributed by atoms with Gasteiger partial charge in [0.15, 0.2) is 0 Å². The first kappa shape index (κ1) is 14.4. The summed E-state index contributed by atoms with van der Waals surface area (Å²) in [5, 5.41) is 11.3. The van der Waals surface area contributed by atoms with Crippen LogP contribution in [0.25, 0.3) is 6.08 Å². The molecular formula is C12H15NO4S. The van der Waals surface area contributed by atoms with E-state index in [2.05, 4.69) is 5.32 Å². The number of hydrogen-bond acceptors (Lipinski definition) is 4. The second-order valence-corrected chi connectivity index (χ2v) is 4.82. The molecule has 1 amide bonds. The molecule has 0 bridgehead atoms. The normalized spacial score (nSPS) is 12.6. The Kier molecular flexibility index (Phi) is 5.54. The number of amides is 1. The average Bonchev–Trinajstić information content (AvgIpc) is 2.75. The molecule has 0 aromatic carbocycles. The number of carboxylic acid groups (broad SMARTS) is 1. The highest BCUT2D eigenvalue weighted by molar-refractivity contribution is 7.14. The Morgan fingerprint density at radius 3 is 2.89 bits per heavy atom. The Bertz CT molecular complexity index is 453. The van der Waals surface area contributed by atoms with E-state index in [9.17, 15) is 9.59 Å². The highest BCUT2D eigenvalue weighted by atomic mass is 32.1. The van der Waals surface area contributed by atoms with Gasteiger partial charge in [0, 0.05) is 24.1 Å². The van der Waals surface area contributed by atoms with Crippen LogP contribution in [0.15, 0.2) is 18.2 Å². The lowest BCUT2D eigenvalue weighted by Gasteiger charge is -2.11. The second-order valence-electron chi connectivity index (χ2n) is 3.70. The average molecular weight is 269 g/mol. The fraction of sp³-hybridized carbons (Fsp3) is 0.333. The molecule has 1 aromatic heterocycles. The minimum atomic E-state index is -1.01. The number of nitrogens with one attached hydrogen (secondary N) is 1. The van der Waals surface area contributed by atoms with E-state index in [0.717, 1.165) is 11.0 Å². The van der Waals surface area contributed by atoms with Crippen LogP contribution in [0.2, 0.25) is 0 Å². The molecule has 1 unspecified atom stereocenters. The van der Waals surface area contributed by atoms with E-state index >= 15 is 0 Å². The Hall–Kier alpha value is -1.66. The fourth-order valence-electron chi connectivity index (χ4n) is 1.30. The van der Waals surface area contributed by atoms with Crippen LogP contribution >= 0.6 is 11.3 Å². The first-order valence-electron chi connectivity index (χ1n) is 5.33. The van der Waals surface area contributed by atoms with Gasteiger partial charge < -0.3 is 15.2 Å². The van der Waals surface area contributed by atoms with E-state index in [-0.39, 0.29) is 11.9 Å². The van der Waals surface area contributed by atoms with Gasteiger partial charge >= 0.3 is 5.97 Å². The number of carbonyl (C=O) groups excluding carboxylic acids is 1. The standard InChI is InChI=1S/C12H15NO4S/c1-8(7-17-2)13-12(16)10-5-3-9(18-10)4-6-11(14)15/h3-6,8H,7H2,1-2H3,(H,13,16)(H,14,15). The molecule has 6 heteroatoms. The van der Waals surface area contributed by atoms with Crippen LogP contribution in [0.4, 0.5) is 0 Å². The molecule has 0 saturated heterocycles. The fourth-order valence-corrected chi connectivity index (χ4v) is 2.12. The molecule has 1 heterocycles. The third kappa shape index (κ3) is 4.68. The molecule has 0 aliphatic rings. The summed E-state index contributed by atoms with van der Waals surface area (Å²) in [6, 6.07) is 3.31. The van der Waals surface area contributed by atoms with Crippen LogP contribution in [0.3, 0.4) is 0 Å². The topological polar surface area (TPSA) is 75.6 Å². The van der Waals surface area contributed by atoms with Crippen molar-refractivity contribution in [3.05, 3.63) is 28.0 Å². The summed E-state index contributed by atoms with van der Waals surface area (Å²) in [4.78, 5) is 23.4. The molecule has 1 rings (SSSR count). The Balaban J connectivity index is 2.62. The molecule has 18 heavy (non-hydrogen) atoms. The third-order valence-corrected chi connectivity index (χ3v) is 3.08. The number of carboxylic acids is 1. The molecule has 0 radical (unpaired) electrons. The third-order valence-electron chi connectivity index (χ3n) is 2.03. The number of methoxy groups -OCH3 is 1. The lowest BCUT2D eigenvalue weighted by Crippen LogP contribution is -2.35. The van der Waals surface area contributed by atoms with Crippen molar-refractivity contribution in [3.8, 4) is 0 Å². The van der Waals surface area contributed by atoms with Gasteiger partial charge in [-0.1, -0.05) is 0 Å². The quantitative estimate of drug-likeness (QED) is 0.769. The van der Waals surface area contributed by atoms with Gasteiger partial charge in [-0.05, 0) is 25.1 Å². The summed E-state index contributed by atoms with van der Waals surface area (Å²) in [5.74, 6) is -1.19. The molecule has 1 aromatic rings. The summed E-state index contributed by atoms with van der Waals surface area (Å²) in [7, 11) is 1.57. The molecule has 0 saturated carbocycles. The van der Waals surface area contributed by atoms with Gasteiger partial charge in [0.05, 0.1) is 11.5 Å². The SMILES string of the molecule is COCC(C)NC(=O)c1ccc(C=CC(=O)O)s1. The van der Waals surface area contributed by atoms with E-state index in [0.29, 0.717) is 11.5 Å². The molecular weight excluding hydrogens is 254 g/mol. The summed E-state index contributed by atoms with van der Waals surface area (Å²) in [6.07, 6.45) is 2.50. The Labute approximate surface area is 109 Å². The van der Waals surface area contributed by atoms with Crippen molar-refractivity contribution in [3.63, 3.8) is 0 Å². The zero-order valence-electron chi connectivity index (χ0n) is 10.2. The minimum absolute atomic E-state index is 0.0670. The van der Waals surface area contributed by atoms with Gasteiger partial charge in [0.2, 0.25) is 0 Å². The number of carbonyl (C=O) groups is 2. The van der Waals surface area contributed by atoms with Crippen LogP contribution < -0.4 is 5.32 Å². The van der Waals surface area contributed by atoms with Crippen LogP contribution in [-0.4, -0.2) is 36.7 Å². The minimum Gasteiger partial charge on any atom is -0.478 e. The predicted octanol–water partition coefficient (Wildman–Crippen LogP) is 1.61. The maximum atomic E-state index is 11.8. The van der Waals surface area contributed by atoms with Crippen molar-refractivity contribution in [1.29, 1.82) is 0 Å². The maximum absolute atomic E-state index is 11.8. The van der Waals surface area contributed by atoms with Crippen LogP contribution in [0.1, 0.15) is 21.5 Å². The van der Waals surface area contributed by atoms with E-state index in [1.165, 1.54) is 17.4 Å². The molecule has 98 valence electrons. The van der Waals surface area contributed by atoms with Gasteiger partial charge in [0.25, 0.3) is 5.91 Å². The van der Waals surface area contributed by atoms with Gasteiger partial charge in [0.1, 0.15) is 0 Å². The Morgan fingerprint density at radius 2 is 2.28 bits per heavy atom. The Morgan fingerprint density at radius 1 is 1.56 bits per heavy atom. The van der Waals surface area contributed by atoms with Crippen molar-refractivity contribution in [2.45, 2.75) is 13.0 Å². The van der Waals surface area contributed by atoms with Gasteiger partial charge in [-0.15, -0.1) is 11.3 Å². The molecule has 2 N–H and O–H groups in total. The van der Waals surface area contributed by atoms with Gasteiger partial charge in [-0.2, -0.15) is 0 Å². The molecule has 1 atom stereocenters. The predicted molar refractivity (Wildman–Crippen MR) is 69.8 cm³/mol. The monoisotopic (exact) mass is 269 g/mol. The summed E-state index contributed by atoms with van der Waals surface area (Å²) < 4.78 is 4.92. The molecule has 0 aliphatic heterocycles. The second kappa shape index (κ2) is 6.93. The van der Waals surface area contributed by atoms with E-state index in [1.807, 2.05) is 6.92 Å². The molecule has 0 fully saturated rings. The van der Waals surface area contributed by atoms with Crippen LogP contribution in [-0.2, 0) is 9.53 Å². The molecule has 0 aliphatic carbocycles. The zero-order valence-corrected chi connectivity index (χ0v) is 11.0. The first-order valence-corrected chi connectivity index (χ1v) is 6.15. The number of hydrogen-bond donors (Lipinski definition) is 2. The van der Waals surface area contributed by atoms with Crippen molar-refractivity contribution < 1.29 is 19.4 Å². The van der Waals surface area contributed by atoms with Gasteiger partial charge in [-0.3, -0.25) is 4.79 Å². The smallest absolute Gasteiger partial charge is 0.328 e. The largest absolute Gasteiger partial charge is 0.478 e.